The van der Waals surface area contributed by atoms with Gasteiger partial charge < -0.3 is 20.7 Å². The van der Waals surface area contributed by atoms with Gasteiger partial charge in [0, 0.05) is 37.2 Å². The van der Waals surface area contributed by atoms with Crippen LogP contribution in [0.15, 0.2) is 24.3 Å². The molecule has 1 aromatic rings. The Morgan fingerprint density at radius 1 is 1.22 bits per heavy atom. The number of rotatable bonds is 6. The molecule has 1 heterocycles. The maximum atomic E-state index is 12.4. The second kappa shape index (κ2) is 8.08. The van der Waals surface area contributed by atoms with E-state index >= 15 is 0 Å². The summed E-state index contributed by atoms with van der Waals surface area (Å²) in [5.74, 6) is -0.362. The molecule has 2 rings (SSSR count). The molecule has 23 heavy (non-hydrogen) atoms. The highest BCUT2D eigenvalue weighted by atomic mass is 16.5. The number of benzene rings is 1. The molecule has 2 amide bonds. The number of piperidine rings is 1. The van der Waals surface area contributed by atoms with Crippen LogP contribution in [0.25, 0.3) is 0 Å². The van der Waals surface area contributed by atoms with Crippen molar-refractivity contribution in [1.82, 2.24) is 16.0 Å². The lowest BCUT2D eigenvalue weighted by Crippen LogP contribution is -2.47. The number of hydrogen-bond acceptors (Lipinski definition) is 4. The monoisotopic (exact) mass is 319 g/mol. The Morgan fingerprint density at radius 3 is 2.48 bits per heavy atom. The number of amides is 2. The summed E-state index contributed by atoms with van der Waals surface area (Å²) < 4.78 is 5.36. The number of hydrogen-bond donors (Lipinski definition) is 3. The van der Waals surface area contributed by atoms with Crippen LogP contribution in [-0.2, 0) is 4.74 Å². The summed E-state index contributed by atoms with van der Waals surface area (Å²) in [6.45, 7) is 3.08. The van der Waals surface area contributed by atoms with E-state index in [4.69, 9.17) is 4.74 Å². The molecule has 1 aliphatic rings. The predicted octanol–water partition coefficient (Wildman–Crippen LogP) is 0.792. The highest BCUT2D eigenvalue weighted by Gasteiger charge is 2.32. The molecular formula is C17H25N3O3. The predicted molar refractivity (Wildman–Crippen MR) is 88.6 cm³/mol. The van der Waals surface area contributed by atoms with E-state index < -0.39 is 0 Å². The molecule has 0 unspecified atom stereocenters. The van der Waals surface area contributed by atoms with Crippen molar-refractivity contribution in [2.75, 3.05) is 40.4 Å². The minimum atomic E-state index is -0.200. The maximum Gasteiger partial charge on any atom is 0.251 e. The van der Waals surface area contributed by atoms with Gasteiger partial charge in [-0.05, 0) is 44.1 Å². The van der Waals surface area contributed by atoms with E-state index in [2.05, 4.69) is 16.0 Å². The second-order valence-corrected chi connectivity index (χ2v) is 6.03. The molecule has 0 spiro atoms. The molecule has 1 aromatic carbocycles. The summed E-state index contributed by atoms with van der Waals surface area (Å²) in [5, 5.41) is 8.89. The Balaban J connectivity index is 2.02. The summed E-state index contributed by atoms with van der Waals surface area (Å²) in [7, 11) is 3.26. The topological polar surface area (TPSA) is 79.5 Å². The van der Waals surface area contributed by atoms with Crippen molar-refractivity contribution in [3.05, 3.63) is 35.4 Å². The highest BCUT2D eigenvalue weighted by Crippen LogP contribution is 2.28. The van der Waals surface area contributed by atoms with Gasteiger partial charge in [-0.15, -0.1) is 0 Å². The van der Waals surface area contributed by atoms with E-state index in [0.717, 1.165) is 25.9 Å². The quantitative estimate of drug-likeness (QED) is 0.724. The third-order valence-electron chi connectivity index (χ3n) is 4.35. The molecule has 0 aliphatic carbocycles. The first-order valence-corrected chi connectivity index (χ1v) is 7.90. The fourth-order valence-electron chi connectivity index (χ4n) is 2.95. The molecule has 0 radical (unpaired) electrons. The van der Waals surface area contributed by atoms with E-state index in [1.165, 1.54) is 0 Å². The van der Waals surface area contributed by atoms with Gasteiger partial charge in [-0.25, -0.2) is 0 Å². The molecule has 6 heteroatoms. The van der Waals surface area contributed by atoms with E-state index in [-0.39, 0.29) is 17.2 Å². The molecule has 1 fully saturated rings. The van der Waals surface area contributed by atoms with E-state index in [0.29, 0.717) is 24.3 Å². The highest BCUT2D eigenvalue weighted by molar-refractivity contribution is 5.99. The van der Waals surface area contributed by atoms with Crippen molar-refractivity contribution in [3.8, 4) is 0 Å². The first-order valence-electron chi connectivity index (χ1n) is 7.90. The Hall–Kier alpha value is -1.92. The summed E-state index contributed by atoms with van der Waals surface area (Å²) in [6, 6.07) is 6.73. The van der Waals surface area contributed by atoms with Gasteiger partial charge >= 0.3 is 0 Å². The van der Waals surface area contributed by atoms with Gasteiger partial charge in [-0.1, -0.05) is 6.07 Å². The standard InChI is InChI=1S/C17H25N3O3/c1-18-15(21)13-4-3-5-14(10-13)16(22)20-11-17(12-23-2)6-8-19-9-7-17/h3-5,10,19H,6-9,11-12H2,1-2H3,(H,18,21)(H,20,22). The summed E-state index contributed by atoms with van der Waals surface area (Å²) in [4.78, 5) is 24.1. The minimum Gasteiger partial charge on any atom is -0.384 e. The lowest BCUT2D eigenvalue weighted by molar-refractivity contribution is 0.0512. The van der Waals surface area contributed by atoms with Crippen LogP contribution >= 0.6 is 0 Å². The summed E-state index contributed by atoms with van der Waals surface area (Å²) >= 11 is 0. The molecule has 1 saturated heterocycles. The van der Waals surface area contributed by atoms with Gasteiger partial charge in [0.2, 0.25) is 0 Å². The van der Waals surface area contributed by atoms with Crippen molar-refractivity contribution >= 4 is 11.8 Å². The van der Waals surface area contributed by atoms with Crippen LogP contribution in [0.3, 0.4) is 0 Å². The van der Waals surface area contributed by atoms with Crippen LogP contribution in [0.1, 0.15) is 33.6 Å². The number of carbonyl (C=O) groups is 2. The van der Waals surface area contributed by atoms with Crippen molar-refractivity contribution in [2.24, 2.45) is 5.41 Å². The van der Waals surface area contributed by atoms with E-state index in [9.17, 15) is 9.59 Å². The fraction of sp³-hybridized carbons (Fsp3) is 0.529. The molecule has 0 aromatic heterocycles. The van der Waals surface area contributed by atoms with Crippen LogP contribution in [0.4, 0.5) is 0 Å². The third kappa shape index (κ3) is 4.53. The van der Waals surface area contributed by atoms with E-state index in [1.54, 1.807) is 38.4 Å². The number of methoxy groups -OCH3 is 1. The zero-order valence-electron chi connectivity index (χ0n) is 13.8. The number of nitrogens with one attached hydrogen (secondary N) is 3. The number of ether oxygens (including phenoxy) is 1. The van der Waals surface area contributed by atoms with Crippen LogP contribution in [0, 0.1) is 5.41 Å². The van der Waals surface area contributed by atoms with Gasteiger partial charge in [0.25, 0.3) is 11.8 Å². The third-order valence-corrected chi connectivity index (χ3v) is 4.35. The largest absolute Gasteiger partial charge is 0.384 e. The average Bonchev–Trinajstić information content (AvgIpc) is 2.60. The van der Waals surface area contributed by atoms with Gasteiger partial charge in [0.15, 0.2) is 0 Å². The van der Waals surface area contributed by atoms with Gasteiger partial charge in [0.05, 0.1) is 6.61 Å². The smallest absolute Gasteiger partial charge is 0.251 e. The van der Waals surface area contributed by atoms with Crippen LogP contribution in [0.5, 0.6) is 0 Å². The van der Waals surface area contributed by atoms with Gasteiger partial charge in [0.1, 0.15) is 0 Å². The summed E-state index contributed by atoms with van der Waals surface area (Å²) in [6.07, 6.45) is 1.94. The molecule has 0 bridgehead atoms. The second-order valence-electron chi connectivity index (χ2n) is 6.03. The Kier molecular flexibility index (Phi) is 6.12. The normalized spacial score (nSPS) is 16.6. The molecule has 6 nitrogen and oxygen atoms in total. The van der Waals surface area contributed by atoms with E-state index in [1.807, 2.05) is 0 Å². The Morgan fingerprint density at radius 2 is 1.87 bits per heavy atom. The zero-order valence-corrected chi connectivity index (χ0v) is 13.8. The van der Waals surface area contributed by atoms with Crippen molar-refractivity contribution in [3.63, 3.8) is 0 Å². The molecule has 126 valence electrons. The lowest BCUT2D eigenvalue weighted by Gasteiger charge is -2.37. The Bertz CT molecular complexity index is 548. The summed E-state index contributed by atoms with van der Waals surface area (Å²) in [5.41, 5.74) is 0.954. The van der Waals surface area contributed by atoms with Gasteiger partial charge in [-0.3, -0.25) is 9.59 Å². The minimum absolute atomic E-state index is 0.0198. The molecule has 1 aliphatic heterocycles. The molecule has 0 saturated carbocycles. The molecule has 3 N–H and O–H groups in total. The van der Waals surface area contributed by atoms with Crippen molar-refractivity contribution in [1.29, 1.82) is 0 Å². The van der Waals surface area contributed by atoms with Gasteiger partial charge in [-0.2, -0.15) is 0 Å². The van der Waals surface area contributed by atoms with Crippen LogP contribution in [-0.4, -0.2) is 52.2 Å². The fourth-order valence-corrected chi connectivity index (χ4v) is 2.95. The Labute approximate surface area is 137 Å². The maximum absolute atomic E-state index is 12.4. The first-order chi connectivity index (χ1) is 11.1. The van der Waals surface area contributed by atoms with Crippen molar-refractivity contribution < 1.29 is 14.3 Å². The first kappa shape index (κ1) is 17.4. The van der Waals surface area contributed by atoms with Crippen LogP contribution in [0.2, 0.25) is 0 Å². The number of carbonyl (C=O) groups excluding carboxylic acids is 2. The molecular weight excluding hydrogens is 294 g/mol. The lowest BCUT2D eigenvalue weighted by atomic mass is 9.79. The zero-order chi connectivity index (χ0) is 16.7. The molecule has 0 atom stereocenters. The average molecular weight is 319 g/mol. The SMILES string of the molecule is CNC(=O)c1cccc(C(=O)NCC2(COC)CCNCC2)c1. The van der Waals surface area contributed by atoms with Crippen molar-refractivity contribution in [2.45, 2.75) is 12.8 Å². The van der Waals surface area contributed by atoms with Crippen LogP contribution < -0.4 is 16.0 Å².